The lowest BCUT2D eigenvalue weighted by molar-refractivity contribution is 0.0234. The largest absolute Gasteiger partial charge is 0.393 e. The monoisotopic (exact) mass is 317 g/mol. The second kappa shape index (κ2) is 6.54. The van der Waals surface area contributed by atoms with Crippen LogP contribution in [0.3, 0.4) is 0 Å². The lowest BCUT2D eigenvalue weighted by Crippen LogP contribution is -2.41. The first-order valence-electron chi connectivity index (χ1n) is 8.08. The van der Waals surface area contributed by atoms with Crippen LogP contribution in [0.5, 0.6) is 0 Å². The van der Waals surface area contributed by atoms with Crippen LogP contribution in [0, 0.1) is 5.92 Å². The van der Waals surface area contributed by atoms with E-state index < -0.39 is 0 Å². The predicted octanol–water partition coefficient (Wildman–Crippen LogP) is 1.34. The molecule has 1 atom stereocenters. The first kappa shape index (κ1) is 15.7. The van der Waals surface area contributed by atoms with Gasteiger partial charge < -0.3 is 10.4 Å². The summed E-state index contributed by atoms with van der Waals surface area (Å²) in [6.45, 7) is 2.08. The maximum atomic E-state index is 12.5. The van der Waals surface area contributed by atoms with Crippen LogP contribution in [0.2, 0.25) is 0 Å². The Morgan fingerprint density at radius 3 is 2.96 bits per heavy atom. The fraction of sp³-hybridized carbons (Fsp3) is 0.562. The summed E-state index contributed by atoms with van der Waals surface area (Å²) >= 11 is 0. The van der Waals surface area contributed by atoms with Gasteiger partial charge in [-0.15, -0.1) is 0 Å². The number of carbonyl (C=O) groups excluding carboxylic acids is 1. The van der Waals surface area contributed by atoms with Crippen molar-refractivity contribution in [1.82, 2.24) is 25.3 Å². The number of aliphatic hydroxyl groups is 1. The third-order valence-electron chi connectivity index (χ3n) is 4.37. The standard InChI is InChI=1S/C16H23N5O2/c1-3-4-12-7-14(20-19-12)16(23)18-15(10-5-13(22)6-10)11-8-17-21(2)9-11/h7-10,13,15,22H,3-6H2,1-2H3,(H,18,23)(H,19,20)/t10?,13?,15-/m1/s1. The molecule has 2 heterocycles. The highest BCUT2D eigenvalue weighted by Gasteiger charge is 2.36. The third kappa shape index (κ3) is 3.44. The molecule has 1 amide bonds. The van der Waals surface area contributed by atoms with Crippen molar-refractivity contribution >= 4 is 5.91 Å². The average molecular weight is 317 g/mol. The summed E-state index contributed by atoms with van der Waals surface area (Å²) in [7, 11) is 1.85. The van der Waals surface area contributed by atoms with E-state index in [9.17, 15) is 9.90 Å². The fourth-order valence-corrected chi connectivity index (χ4v) is 3.07. The second-order valence-electron chi connectivity index (χ2n) is 6.31. The number of hydrogen-bond donors (Lipinski definition) is 3. The lowest BCUT2D eigenvalue weighted by atomic mass is 9.75. The van der Waals surface area contributed by atoms with E-state index in [1.54, 1.807) is 16.9 Å². The molecule has 7 nitrogen and oxygen atoms in total. The minimum absolute atomic E-state index is 0.147. The number of aliphatic hydroxyl groups excluding tert-OH is 1. The number of aromatic amines is 1. The number of aromatic nitrogens is 4. The zero-order valence-electron chi connectivity index (χ0n) is 13.5. The Kier molecular flexibility index (Phi) is 4.47. The molecule has 1 saturated carbocycles. The van der Waals surface area contributed by atoms with Crippen molar-refractivity contribution in [3.63, 3.8) is 0 Å². The van der Waals surface area contributed by atoms with Gasteiger partial charge in [0.15, 0.2) is 0 Å². The van der Waals surface area contributed by atoms with Crippen molar-refractivity contribution in [3.05, 3.63) is 35.4 Å². The Labute approximate surface area is 135 Å². The number of aryl methyl sites for hydroxylation is 2. The average Bonchev–Trinajstić information content (AvgIpc) is 3.11. The van der Waals surface area contributed by atoms with Gasteiger partial charge >= 0.3 is 0 Å². The quantitative estimate of drug-likeness (QED) is 0.749. The van der Waals surface area contributed by atoms with Crippen molar-refractivity contribution in [2.24, 2.45) is 13.0 Å². The van der Waals surface area contributed by atoms with Crippen molar-refractivity contribution in [2.75, 3.05) is 0 Å². The second-order valence-corrected chi connectivity index (χ2v) is 6.31. The van der Waals surface area contributed by atoms with Crippen molar-refractivity contribution in [2.45, 2.75) is 44.8 Å². The molecule has 3 rings (SSSR count). The topological polar surface area (TPSA) is 95.8 Å². The van der Waals surface area contributed by atoms with Gasteiger partial charge in [0.25, 0.3) is 5.91 Å². The van der Waals surface area contributed by atoms with Crippen LogP contribution in [0.4, 0.5) is 0 Å². The number of carbonyl (C=O) groups is 1. The zero-order valence-corrected chi connectivity index (χ0v) is 13.5. The SMILES string of the molecule is CCCc1cc(C(=O)N[C@@H](c2cnn(C)c2)C2CC(O)C2)n[nH]1. The van der Waals surface area contributed by atoms with Crippen LogP contribution in [-0.4, -0.2) is 37.1 Å². The van der Waals surface area contributed by atoms with Gasteiger partial charge in [-0.05, 0) is 31.2 Å². The summed E-state index contributed by atoms with van der Waals surface area (Å²) in [5.74, 6) is 0.0334. The minimum atomic E-state index is -0.266. The molecular formula is C16H23N5O2. The van der Waals surface area contributed by atoms with Gasteiger partial charge in [-0.1, -0.05) is 13.3 Å². The van der Waals surface area contributed by atoms with E-state index in [1.165, 1.54) is 0 Å². The summed E-state index contributed by atoms with van der Waals surface area (Å²) < 4.78 is 1.72. The van der Waals surface area contributed by atoms with E-state index in [2.05, 4.69) is 27.5 Å². The number of amides is 1. The number of hydrogen-bond acceptors (Lipinski definition) is 4. The molecule has 0 saturated heterocycles. The summed E-state index contributed by atoms with van der Waals surface area (Å²) in [6.07, 6.45) is 6.68. The molecule has 0 bridgehead atoms. The predicted molar refractivity (Wildman–Crippen MR) is 84.7 cm³/mol. The summed E-state index contributed by atoms with van der Waals surface area (Å²) in [5, 5.41) is 23.8. The van der Waals surface area contributed by atoms with E-state index in [0.717, 1.165) is 24.1 Å². The maximum absolute atomic E-state index is 12.5. The number of rotatable bonds is 6. The molecule has 1 fully saturated rings. The van der Waals surface area contributed by atoms with Gasteiger partial charge in [-0.25, -0.2) is 0 Å². The van der Waals surface area contributed by atoms with E-state index in [0.29, 0.717) is 18.5 Å². The molecule has 0 spiro atoms. The van der Waals surface area contributed by atoms with Crippen molar-refractivity contribution < 1.29 is 9.90 Å². The molecule has 0 unspecified atom stereocenters. The van der Waals surface area contributed by atoms with E-state index in [4.69, 9.17) is 0 Å². The molecule has 1 aliphatic carbocycles. The van der Waals surface area contributed by atoms with Crippen LogP contribution in [0.25, 0.3) is 0 Å². The summed E-state index contributed by atoms with van der Waals surface area (Å²) in [6, 6.07) is 1.65. The normalized spacial score (nSPS) is 21.7. The van der Waals surface area contributed by atoms with E-state index in [-0.39, 0.29) is 24.0 Å². The number of nitrogens with zero attached hydrogens (tertiary/aromatic N) is 3. The molecule has 3 N–H and O–H groups in total. The van der Waals surface area contributed by atoms with E-state index in [1.807, 2.05) is 13.2 Å². The van der Waals surface area contributed by atoms with Gasteiger partial charge in [0.1, 0.15) is 5.69 Å². The van der Waals surface area contributed by atoms with Gasteiger partial charge in [0.05, 0.1) is 18.3 Å². The highest BCUT2D eigenvalue weighted by Crippen LogP contribution is 2.38. The molecule has 2 aromatic heterocycles. The smallest absolute Gasteiger partial charge is 0.272 e. The first-order chi connectivity index (χ1) is 11.1. The van der Waals surface area contributed by atoms with Crippen molar-refractivity contribution in [1.29, 1.82) is 0 Å². The molecule has 0 radical (unpaired) electrons. The van der Waals surface area contributed by atoms with Gasteiger partial charge in [0.2, 0.25) is 0 Å². The van der Waals surface area contributed by atoms with Crippen LogP contribution < -0.4 is 5.32 Å². The fourth-order valence-electron chi connectivity index (χ4n) is 3.07. The van der Waals surface area contributed by atoms with E-state index >= 15 is 0 Å². The Hall–Kier alpha value is -2.15. The van der Waals surface area contributed by atoms with Crippen LogP contribution >= 0.6 is 0 Å². The summed E-state index contributed by atoms with van der Waals surface area (Å²) in [4.78, 5) is 12.5. The van der Waals surface area contributed by atoms with Crippen LogP contribution in [0.15, 0.2) is 18.5 Å². The molecule has 23 heavy (non-hydrogen) atoms. The molecule has 0 aromatic carbocycles. The number of H-pyrrole nitrogens is 1. The Bertz CT molecular complexity index is 672. The lowest BCUT2D eigenvalue weighted by Gasteiger charge is -2.37. The molecule has 1 aliphatic rings. The minimum Gasteiger partial charge on any atom is -0.393 e. The Balaban J connectivity index is 1.73. The maximum Gasteiger partial charge on any atom is 0.272 e. The Morgan fingerprint density at radius 1 is 1.57 bits per heavy atom. The molecular weight excluding hydrogens is 294 g/mol. The molecule has 0 aliphatic heterocycles. The van der Waals surface area contributed by atoms with Crippen LogP contribution in [-0.2, 0) is 13.5 Å². The molecule has 124 valence electrons. The van der Waals surface area contributed by atoms with Crippen molar-refractivity contribution in [3.8, 4) is 0 Å². The highest BCUT2D eigenvalue weighted by molar-refractivity contribution is 5.92. The third-order valence-corrected chi connectivity index (χ3v) is 4.37. The summed E-state index contributed by atoms with van der Waals surface area (Å²) in [5.41, 5.74) is 2.33. The zero-order chi connectivity index (χ0) is 16.4. The van der Waals surface area contributed by atoms with Crippen LogP contribution in [0.1, 0.15) is 54.0 Å². The highest BCUT2D eigenvalue weighted by atomic mass is 16.3. The number of nitrogens with one attached hydrogen (secondary N) is 2. The van der Waals surface area contributed by atoms with Gasteiger partial charge in [0, 0.05) is 24.5 Å². The van der Waals surface area contributed by atoms with Gasteiger partial charge in [-0.3, -0.25) is 14.6 Å². The Morgan fingerprint density at radius 2 is 2.35 bits per heavy atom. The molecule has 7 heteroatoms. The first-order valence-corrected chi connectivity index (χ1v) is 8.08. The van der Waals surface area contributed by atoms with Gasteiger partial charge in [-0.2, -0.15) is 10.2 Å². The molecule has 2 aromatic rings.